The first-order chi connectivity index (χ1) is 14.1. The van der Waals surface area contributed by atoms with Crippen LogP contribution in [0.4, 0.5) is 0 Å². The van der Waals surface area contributed by atoms with Gasteiger partial charge in [0.1, 0.15) is 12.4 Å². The van der Waals surface area contributed by atoms with Gasteiger partial charge in [0, 0.05) is 16.1 Å². The van der Waals surface area contributed by atoms with Crippen LogP contribution >= 0.6 is 11.6 Å². The lowest BCUT2D eigenvalue weighted by Gasteiger charge is -2.13. The Hall–Kier alpha value is -2.92. The molecule has 146 valence electrons. The third kappa shape index (κ3) is 3.06. The number of para-hydroxylation sites is 1. The predicted octanol–water partition coefficient (Wildman–Crippen LogP) is 4.06. The molecule has 2 aromatic rings. The molecule has 1 saturated heterocycles. The van der Waals surface area contributed by atoms with Crippen molar-refractivity contribution in [2.24, 2.45) is 28.8 Å². The van der Waals surface area contributed by atoms with Crippen molar-refractivity contribution < 1.29 is 14.3 Å². The van der Waals surface area contributed by atoms with Gasteiger partial charge in [-0.2, -0.15) is 10.1 Å². The highest BCUT2D eigenvalue weighted by Crippen LogP contribution is 2.52. The first-order valence-electron chi connectivity index (χ1n) is 9.69. The van der Waals surface area contributed by atoms with Crippen molar-refractivity contribution in [3.63, 3.8) is 0 Å². The molecule has 0 radical (unpaired) electrons. The summed E-state index contributed by atoms with van der Waals surface area (Å²) in [5.74, 6) is 0.0749. The molecule has 1 aliphatic heterocycles. The second kappa shape index (κ2) is 7.16. The third-order valence-corrected chi connectivity index (χ3v) is 6.39. The van der Waals surface area contributed by atoms with Crippen molar-refractivity contribution in [2.45, 2.75) is 13.0 Å². The van der Waals surface area contributed by atoms with Gasteiger partial charge in [-0.25, -0.2) is 0 Å². The Balaban J connectivity index is 1.34. The van der Waals surface area contributed by atoms with Crippen molar-refractivity contribution in [2.75, 3.05) is 0 Å². The summed E-state index contributed by atoms with van der Waals surface area (Å²) in [7, 11) is 0. The summed E-state index contributed by atoms with van der Waals surface area (Å²) >= 11 is 6.19. The molecule has 4 atom stereocenters. The number of rotatable bonds is 5. The zero-order valence-corrected chi connectivity index (χ0v) is 16.3. The average Bonchev–Trinajstić information content (AvgIpc) is 3.41. The highest BCUT2D eigenvalue weighted by atomic mass is 35.5. The van der Waals surface area contributed by atoms with Gasteiger partial charge in [-0.3, -0.25) is 9.59 Å². The number of ether oxygens (including phenoxy) is 1. The molecule has 1 saturated carbocycles. The predicted molar refractivity (Wildman–Crippen MR) is 109 cm³/mol. The molecule has 6 heteroatoms. The van der Waals surface area contributed by atoms with E-state index in [9.17, 15) is 9.59 Å². The van der Waals surface area contributed by atoms with E-state index in [2.05, 4.69) is 17.3 Å². The maximum atomic E-state index is 12.8. The fraction of sp³-hybridized carbons (Fsp3) is 0.261. The van der Waals surface area contributed by atoms with E-state index >= 15 is 0 Å². The highest BCUT2D eigenvalue weighted by Gasteiger charge is 2.59. The lowest BCUT2D eigenvalue weighted by Crippen LogP contribution is -2.28. The molecular formula is C23H19ClN2O3. The standard InChI is InChI=1S/C23H19ClN2O3/c24-18-7-3-1-6-17(18)13-29-19-8-4-2-5-16(19)12-25-26-22(27)20-14-9-10-15(11-14)21(20)23(26)28/h1-10,12,14-15,20-21H,11,13H2/b25-12-/t14-,15-,20-,21+/m0/s1. The number of carbonyl (C=O) groups is 2. The molecule has 3 aliphatic rings. The maximum Gasteiger partial charge on any atom is 0.254 e. The van der Waals surface area contributed by atoms with Crippen molar-refractivity contribution in [1.82, 2.24) is 5.01 Å². The number of amides is 2. The van der Waals surface area contributed by atoms with E-state index in [0.717, 1.165) is 17.0 Å². The van der Waals surface area contributed by atoms with E-state index in [-0.39, 0.29) is 35.5 Å². The normalized spacial score (nSPS) is 27.3. The van der Waals surface area contributed by atoms with E-state index in [0.29, 0.717) is 22.9 Å². The summed E-state index contributed by atoms with van der Waals surface area (Å²) in [4.78, 5) is 25.5. The van der Waals surface area contributed by atoms with Gasteiger partial charge in [-0.15, -0.1) is 0 Å². The quantitative estimate of drug-likeness (QED) is 0.427. The Morgan fingerprint density at radius 3 is 2.38 bits per heavy atom. The first kappa shape index (κ1) is 18.1. The van der Waals surface area contributed by atoms with Crippen LogP contribution in [0.1, 0.15) is 17.5 Å². The minimum atomic E-state index is -0.249. The monoisotopic (exact) mass is 406 g/mol. The molecule has 0 aromatic heterocycles. The number of hydrazone groups is 1. The zero-order valence-electron chi connectivity index (χ0n) is 15.6. The van der Waals surface area contributed by atoms with Crippen LogP contribution in [-0.2, 0) is 16.2 Å². The largest absolute Gasteiger partial charge is 0.488 e. The van der Waals surface area contributed by atoms with E-state index in [1.165, 1.54) is 6.21 Å². The number of hydrogen-bond donors (Lipinski definition) is 0. The molecule has 2 fully saturated rings. The Morgan fingerprint density at radius 2 is 1.66 bits per heavy atom. The number of hydrogen-bond acceptors (Lipinski definition) is 4. The summed E-state index contributed by atoms with van der Waals surface area (Å²) in [6.07, 6.45) is 6.57. The van der Waals surface area contributed by atoms with Gasteiger partial charge in [-0.1, -0.05) is 54.1 Å². The summed E-state index contributed by atoms with van der Waals surface area (Å²) in [6, 6.07) is 14.9. The van der Waals surface area contributed by atoms with E-state index < -0.39 is 0 Å². The Labute approximate surface area is 173 Å². The number of nitrogens with zero attached hydrogens (tertiary/aromatic N) is 2. The van der Waals surface area contributed by atoms with Gasteiger partial charge in [0.2, 0.25) is 0 Å². The number of benzene rings is 2. The second-order valence-corrected chi connectivity index (χ2v) is 8.06. The van der Waals surface area contributed by atoms with E-state index in [1.54, 1.807) is 0 Å². The molecule has 5 rings (SSSR count). The number of fused-ring (bicyclic) bond motifs is 5. The Morgan fingerprint density at radius 1 is 1.00 bits per heavy atom. The SMILES string of the molecule is O=C1[C@@H]2[C@H](C(=O)N1/N=C\c1ccccc1OCc1ccccc1Cl)[C@H]1C=C[C@H]2C1. The minimum absolute atomic E-state index is 0.174. The number of imide groups is 1. The smallest absolute Gasteiger partial charge is 0.254 e. The van der Waals surface area contributed by atoms with Crippen LogP contribution in [0, 0.1) is 23.7 Å². The molecule has 2 aromatic carbocycles. The molecular weight excluding hydrogens is 388 g/mol. The van der Waals surface area contributed by atoms with Crippen LogP contribution in [0.5, 0.6) is 5.75 Å². The fourth-order valence-electron chi connectivity index (χ4n) is 4.61. The van der Waals surface area contributed by atoms with Crippen LogP contribution in [0.25, 0.3) is 0 Å². The van der Waals surface area contributed by atoms with Gasteiger partial charge in [0.25, 0.3) is 11.8 Å². The third-order valence-electron chi connectivity index (χ3n) is 6.02. The molecule has 2 aliphatic carbocycles. The van der Waals surface area contributed by atoms with Crippen molar-refractivity contribution >= 4 is 29.6 Å². The average molecular weight is 407 g/mol. The van der Waals surface area contributed by atoms with Gasteiger partial charge < -0.3 is 4.74 Å². The van der Waals surface area contributed by atoms with Crippen molar-refractivity contribution in [3.8, 4) is 5.75 Å². The topological polar surface area (TPSA) is 59.0 Å². The van der Waals surface area contributed by atoms with Gasteiger partial charge in [0.15, 0.2) is 0 Å². The van der Waals surface area contributed by atoms with Gasteiger partial charge >= 0.3 is 0 Å². The Bertz CT molecular complexity index is 1020. The number of allylic oxidation sites excluding steroid dienone is 2. The molecule has 0 spiro atoms. The zero-order chi connectivity index (χ0) is 20.0. The molecule has 2 bridgehead atoms. The fourth-order valence-corrected chi connectivity index (χ4v) is 4.80. The lowest BCUT2D eigenvalue weighted by molar-refractivity contribution is -0.140. The Kier molecular flexibility index (Phi) is 4.47. The van der Waals surface area contributed by atoms with Crippen molar-refractivity contribution in [1.29, 1.82) is 0 Å². The first-order valence-corrected chi connectivity index (χ1v) is 10.1. The minimum Gasteiger partial charge on any atom is -0.488 e. The summed E-state index contributed by atoms with van der Waals surface area (Å²) in [5, 5.41) is 5.93. The van der Waals surface area contributed by atoms with E-state index in [4.69, 9.17) is 16.3 Å². The molecule has 0 N–H and O–H groups in total. The highest BCUT2D eigenvalue weighted by molar-refractivity contribution is 6.31. The molecule has 2 amide bonds. The van der Waals surface area contributed by atoms with E-state index in [1.807, 2.05) is 48.5 Å². The number of halogens is 1. The van der Waals surface area contributed by atoms with Crippen molar-refractivity contribution in [3.05, 3.63) is 76.8 Å². The number of carbonyl (C=O) groups excluding carboxylic acids is 2. The second-order valence-electron chi connectivity index (χ2n) is 7.65. The maximum absolute atomic E-state index is 12.8. The van der Waals surface area contributed by atoms with Crippen LogP contribution in [0.2, 0.25) is 5.02 Å². The van der Waals surface area contributed by atoms with Crippen LogP contribution in [0.3, 0.4) is 0 Å². The molecule has 29 heavy (non-hydrogen) atoms. The summed E-state index contributed by atoms with van der Waals surface area (Å²) < 4.78 is 5.92. The summed E-state index contributed by atoms with van der Waals surface area (Å²) in [6.45, 7) is 0.311. The molecule has 0 unspecified atom stereocenters. The summed E-state index contributed by atoms with van der Waals surface area (Å²) in [5.41, 5.74) is 1.57. The van der Waals surface area contributed by atoms with Gasteiger partial charge in [0.05, 0.1) is 18.1 Å². The van der Waals surface area contributed by atoms with Crippen LogP contribution < -0.4 is 4.74 Å². The molecule has 5 nitrogen and oxygen atoms in total. The van der Waals surface area contributed by atoms with Gasteiger partial charge in [-0.05, 0) is 36.5 Å². The van der Waals surface area contributed by atoms with Crippen LogP contribution in [0.15, 0.2) is 65.8 Å². The van der Waals surface area contributed by atoms with Crippen LogP contribution in [-0.4, -0.2) is 23.0 Å². The molecule has 1 heterocycles. The lowest BCUT2D eigenvalue weighted by atomic mass is 9.85.